The van der Waals surface area contributed by atoms with Gasteiger partial charge in [-0.05, 0) is 134 Å². The number of Topliss-reactive ketones (excluding diaryl/α,β-unsaturated/α-hetero) is 1. The van der Waals surface area contributed by atoms with Gasteiger partial charge in [0.15, 0.2) is 5.78 Å². The average Bonchev–Trinajstić information content (AvgIpc) is 3.10. The first-order chi connectivity index (χ1) is 25.4. The Kier molecular flexibility index (Phi) is 11.9. The molecule has 0 aromatic heterocycles. The smallest absolute Gasteiger partial charge is 0.343 e. The van der Waals surface area contributed by atoms with Gasteiger partial charge in [0.25, 0.3) is 0 Å². The second kappa shape index (κ2) is 16.2. The van der Waals surface area contributed by atoms with E-state index in [0.717, 1.165) is 24.8 Å². The molecule has 1 aliphatic rings. The fraction of sp³-hybridized carbons (Fsp3) is 0.341. The summed E-state index contributed by atoms with van der Waals surface area (Å²) in [5.41, 5.74) is 0.0256. The Bertz CT molecular complexity index is 1900. The quantitative estimate of drug-likeness (QED) is 0.0794. The van der Waals surface area contributed by atoms with Crippen molar-refractivity contribution in [2.24, 2.45) is 10.8 Å². The molecule has 5 rings (SSSR count). The molecule has 0 amide bonds. The van der Waals surface area contributed by atoms with Crippen molar-refractivity contribution < 1.29 is 42.9 Å². The van der Waals surface area contributed by atoms with Gasteiger partial charge in [-0.25, -0.2) is 9.59 Å². The number of ketones is 1. The molecule has 0 bridgehead atoms. The highest BCUT2D eigenvalue weighted by molar-refractivity contribution is 5.99. The zero-order chi connectivity index (χ0) is 39.3. The predicted molar refractivity (Wildman–Crippen MR) is 203 cm³/mol. The van der Waals surface area contributed by atoms with E-state index in [2.05, 4.69) is 11.8 Å². The Morgan fingerprint density at radius 3 is 1.41 bits per heavy atom. The largest absolute Gasteiger partial charge is 0.426 e. The molecule has 1 saturated carbocycles. The topological polar surface area (TPSA) is 126 Å². The van der Waals surface area contributed by atoms with E-state index in [-0.39, 0.29) is 57.6 Å². The van der Waals surface area contributed by atoms with Crippen molar-refractivity contribution >= 4 is 29.7 Å². The summed E-state index contributed by atoms with van der Waals surface area (Å²) in [4.78, 5) is 67.4. The number of carbonyl (C=O) groups excluding carboxylic acids is 5. The normalized spacial score (nSPS) is 13.7. The zero-order valence-corrected chi connectivity index (χ0v) is 31.9. The van der Waals surface area contributed by atoms with Crippen LogP contribution in [0.2, 0.25) is 0 Å². The van der Waals surface area contributed by atoms with Crippen molar-refractivity contribution in [1.29, 1.82) is 0 Å². The maximum atomic E-state index is 14.0. The summed E-state index contributed by atoms with van der Waals surface area (Å²) < 4.78 is 22.2. The van der Waals surface area contributed by atoms with Gasteiger partial charge in [0, 0.05) is 23.7 Å². The van der Waals surface area contributed by atoms with Gasteiger partial charge in [-0.15, -0.1) is 0 Å². The van der Waals surface area contributed by atoms with E-state index >= 15 is 0 Å². The molecule has 0 radical (unpaired) electrons. The van der Waals surface area contributed by atoms with Crippen LogP contribution in [0.4, 0.5) is 0 Å². The first-order valence-electron chi connectivity index (χ1n) is 18.0. The maximum Gasteiger partial charge on any atom is 0.343 e. The highest BCUT2D eigenvalue weighted by Crippen LogP contribution is 2.38. The van der Waals surface area contributed by atoms with Crippen molar-refractivity contribution in [1.82, 2.24) is 4.90 Å². The highest BCUT2D eigenvalue weighted by Gasteiger charge is 2.39. The Hall–Kier alpha value is -5.61. The molecule has 0 spiro atoms. The molecule has 0 heterocycles. The summed E-state index contributed by atoms with van der Waals surface area (Å²) in [6.07, 6.45) is 2.98. The Labute approximate surface area is 316 Å². The van der Waals surface area contributed by atoms with E-state index in [1.54, 1.807) is 41.5 Å². The molecule has 10 nitrogen and oxygen atoms in total. The van der Waals surface area contributed by atoms with Gasteiger partial charge in [-0.3, -0.25) is 19.3 Å². The predicted octanol–water partition coefficient (Wildman–Crippen LogP) is 8.66. The van der Waals surface area contributed by atoms with Crippen LogP contribution in [0, 0.1) is 10.8 Å². The van der Waals surface area contributed by atoms with Crippen LogP contribution in [-0.2, 0) is 16.1 Å². The standard InChI is InChI=1S/C44H47NO9/c1-42(2,3)40(49)53-33-18-14-30(15-19-33)38(47)51-35-24-32(37(46)28-45(44(7)22-11-23-44)27-29-12-9-8-10-13-29)25-36(26-35)52-39(48)31-16-20-34(21-17-31)54-41(50)43(4,5)6/h8-10,12-21,24-26H,11,22-23,27-28H2,1-7H3. The summed E-state index contributed by atoms with van der Waals surface area (Å²) in [7, 11) is 0. The molecule has 4 aromatic carbocycles. The van der Waals surface area contributed by atoms with E-state index in [1.165, 1.54) is 66.7 Å². The van der Waals surface area contributed by atoms with Crippen molar-refractivity contribution in [3.8, 4) is 23.0 Å². The number of hydrogen-bond donors (Lipinski definition) is 0. The molecular formula is C44H47NO9. The third-order valence-electron chi connectivity index (χ3n) is 9.19. The van der Waals surface area contributed by atoms with Crippen LogP contribution in [0.1, 0.15) is 104 Å². The molecule has 54 heavy (non-hydrogen) atoms. The molecule has 4 aromatic rings. The number of ether oxygens (including phenoxy) is 4. The lowest BCUT2D eigenvalue weighted by Gasteiger charge is -2.48. The minimum Gasteiger partial charge on any atom is -0.426 e. The SMILES string of the molecule is CC(C)(C)C(=O)Oc1ccc(C(=O)Oc2cc(OC(=O)c3ccc(OC(=O)C(C)(C)C)cc3)cc(C(=O)CN(Cc3ccccc3)C3(C)CCC3)c2)cc1. The molecular weight excluding hydrogens is 686 g/mol. The Balaban J connectivity index is 1.39. The molecule has 282 valence electrons. The zero-order valence-electron chi connectivity index (χ0n) is 31.9. The lowest BCUT2D eigenvalue weighted by molar-refractivity contribution is -0.143. The van der Waals surface area contributed by atoms with Crippen LogP contribution in [0.5, 0.6) is 23.0 Å². The summed E-state index contributed by atoms with van der Waals surface area (Å²) in [5.74, 6) is -2.04. The van der Waals surface area contributed by atoms with Crippen LogP contribution in [-0.4, -0.2) is 46.6 Å². The number of benzene rings is 4. The minimum atomic E-state index is -0.737. The Morgan fingerprint density at radius 1 is 0.574 bits per heavy atom. The monoisotopic (exact) mass is 733 g/mol. The van der Waals surface area contributed by atoms with Gasteiger partial charge in [-0.2, -0.15) is 0 Å². The van der Waals surface area contributed by atoms with Crippen molar-refractivity contribution in [2.75, 3.05) is 6.54 Å². The number of rotatable bonds is 12. The molecule has 10 heteroatoms. The fourth-order valence-corrected chi connectivity index (χ4v) is 5.53. The molecule has 0 saturated heterocycles. The van der Waals surface area contributed by atoms with E-state index in [9.17, 15) is 24.0 Å². The first-order valence-corrected chi connectivity index (χ1v) is 18.0. The maximum absolute atomic E-state index is 14.0. The van der Waals surface area contributed by atoms with Gasteiger partial charge in [0.2, 0.25) is 0 Å². The van der Waals surface area contributed by atoms with Crippen molar-refractivity contribution in [3.63, 3.8) is 0 Å². The van der Waals surface area contributed by atoms with Crippen molar-refractivity contribution in [2.45, 2.75) is 79.8 Å². The summed E-state index contributed by atoms with van der Waals surface area (Å²) in [5, 5.41) is 0. The van der Waals surface area contributed by atoms with Gasteiger partial charge in [0.1, 0.15) is 23.0 Å². The van der Waals surface area contributed by atoms with Gasteiger partial charge in [0.05, 0.1) is 28.5 Å². The van der Waals surface area contributed by atoms with E-state index in [1.807, 2.05) is 30.3 Å². The number of nitrogens with zero attached hydrogens (tertiary/aromatic N) is 1. The molecule has 1 fully saturated rings. The number of carbonyl (C=O) groups is 5. The average molecular weight is 734 g/mol. The van der Waals surface area contributed by atoms with E-state index in [0.29, 0.717) is 6.54 Å². The summed E-state index contributed by atoms with van der Waals surface area (Å²) in [6.45, 7) is 13.2. The first kappa shape index (κ1) is 39.6. The second-order valence-corrected chi connectivity index (χ2v) is 15.9. The van der Waals surface area contributed by atoms with Crippen LogP contribution >= 0.6 is 0 Å². The second-order valence-electron chi connectivity index (χ2n) is 15.9. The van der Waals surface area contributed by atoms with Crippen LogP contribution in [0.3, 0.4) is 0 Å². The molecule has 0 unspecified atom stereocenters. The minimum absolute atomic E-state index is 0.00853. The lowest BCUT2D eigenvalue weighted by atomic mass is 9.76. The highest BCUT2D eigenvalue weighted by atomic mass is 16.6. The van der Waals surface area contributed by atoms with Crippen molar-refractivity contribution in [3.05, 3.63) is 119 Å². The van der Waals surface area contributed by atoms with Crippen LogP contribution in [0.25, 0.3) is 0 Å². The molecule has 0 atom stereocenters. The number of hydrogen-bond acceptors (Lipinski definition) is 10. The molecule has 0 aliphatic heterocycles. The van der Waals surface area contributed by atoms with Gasteiger partial charge >= 0.3 is 23.9 Å². The third-order valence-corrected chi connectivity index (χ3v) is 9.19. The number of esters is 4. The van der Waals surface area contributed by atoms with Crippen LogP contribution < -0.4 is 18.9 Å². The third kappa shape index (κ3) is 10.3. The molecule has 1 aliphatic carbocycles. The molecule has 0 N–H and O–H groups in total. The van der Waals surface area contributed by atoms with Crippen LogP contribution in [0.15, 0.2) is 97.1 Å². The summed E-state index contributed by atoms with van der Waals surface area (Å²) >= 11 is 0. The Morgan fingerprint density at radius 2 is 1.02 bits per heavy atom. The fourth-order valence-electron chi connectivity index (χ4n) is 5.53. The summed E-state index contributed by atoms with van der Waals surface area (Å²) in [6, 6.07) is 26.0. The van der Waals surface area contributed by atoms with E-state index < -0.39 is 34.7 Å². The van der Waals surface area contributed by atoms with Gasteiger partial charge < -0.3 is 18.9 Å². The van der Waals surface area contributed by atoms with E-state index in [4.69, 9.17) is 18.9 Å². The lowest BCUT2D eigenvalue weighted by Crippen LogP contribution is -2.52. The van der Waals surface area contributed by atoms with Gasteiger partial charge in [-0.1, -0.05) is 30.3 Å².